The van der Waals surface area contributed by atoms with Crippen molar-refractivity contribution in [3.63, 3.8) is 0 Å². The molecule has 1 fully saturated rings. The van der Waals surface area contributed by atoms with Crippen LogP contribution in [-0.4, -0.2) is 19.7 Å². The van der Waals surface area contributed by atoms with Crippen molar-refractivity contribution in [2.75, 3.05) is 24.6 Å². The summed E-state index contributed by atoms with van der Waals surface area (Å²) in [6.07, 6.45) is 2.59. The summed E-state index contributed by atoms with van der Waals surface area (Å²) < 4.78 is 0. The lowest BCUT2D eigenvalue weighted by Gasteiger charge is -2.30. The Labute approximate surface area is 104 Å². The predicted octanol–water partition coefficient (Wildman–Crippen LogP) is 2.45. The maximum absolute atomic E-state index is 5.24. The standard InChI is InChI=1S/C14H22N2O/c1-14(2,11-17-15)12-7-3-4-8-13(12)16-9-5-6-10-16/h3-4,7-8H,5-6,9-11,15H2,1-2H3. The highest BCUT2D eigenvalue weighted by Gasteiger charge is 2.26. The van der Waals surface area contributed by atoms with E-state index in [9.17, 15) is 0 Å². The van der Waals surface area contributed by atoms with Crippen LogP contribution in [0.5, 0.6) is 0 Å². The zero-order chi connectivity index (χ0) is 12.3. The number of nitrogens with two attached hydrogens (primary N) is 1. The van der Waals surface area contributed by atoms with E-state index in [4.69, 9.17) is 10.7 Å². The van der Waals surface area contributed by atoms with Crippen molar-refractivity contribution < 1.29 is 4.84 Å². The van der Waals surface area contributed by atoms with Crippen molar-refractivity contribution in [1.29, 1.82) is 0 Å². The van der Waals surface area contributed by atoms with Gasteiger partial charge in [-0.1, -0.05) is 32.0 Å². The van der Waals surface area contributed by atoms with Gasteiger partial charge in [-0.25, -0.2) is 5.90 Å². The van der Waals surface area contributed by atoms with Crippen molar-refractivity contribution in [3.8, 4) is 0 Å². The molecule has 0 aliphatic carbocycles. The van der Waals surface area contributed by atoms with Crippen molar-refractivity contribution in [1.82, 2.24) is 0 Å². The Balaban J connectivity index is 2.32. The second-order valence-electron chi connectivity index (χ2n) is 5.41. The van der Waals surface area contributed by atoms with E-state index in [1.807, 2.05) is 0 Å². The molecule has 0 radical (unpaired) electrons. The number of rotatable bonds is 4. The van der Waals surface area contributed by atoms with Gasteiger partial charge in [0.25, 0.3) is 0 Å². The van der Waals surface area contributed by atoms with E-state index in [0.717, 1.165) is 13.1 Å². The summed E-state index contributed by atoms with van der Waals surface area (Å²) in [5.41, 5.74) is 2.62. The Bertz CT molecular complexity index is 370. The summed E-state index contributed by atoms with van der Waals surface area (Å²) in [5.74, 6) is 5.24. The molecule has 94 valence electrons. The molecule has 3 heteroatoms. The van der Waals surface area contributed by atoms with Gasteiger partial charge >= 0.3 is 0 Å². The van der Waals surface area contributed by atoms with Gasteiger partial charge in [0.1, 0.15) is 0 Å². The molecule has 0 bridgehead atoms. The zero-order valence-electron chi connectivity index (χ0n) is 10.8. The number of hydrogen-bond donors (Lipinski definition) is 1. The highest BCUT2D eigenvalue weighted by Crippen LogP contribution is 2.33. The Kier molecular flexibility index (Phi) is 3.69. The number of para-hydroxylation sites is 1. The van der Waals surface area contributed by atoms with Crippen LogP contribution in [0, 0.1) is 0 Å². The van der Waals surface area contributed by atoms with Crippen LogP contribution < -0.4 is 10.8 Å². The molecule has 1 aliphatic rings. The van der Waals surface area contributed by atoms with Crippen LogP contribution in [0.1, 0.15) is 32.3 Å². The van der Waals surface area contributed by atoms with Crippen LogP contribution in [0.25, 0.3) is 0 Å². The molecule has 0 unspecified atom stereocenters. The zero-order valence-corrected chi connectivity index (χ0v) is 10.8. The number of benzene rings is 1. The van der Waals surface area contributed by atoms with Crippen LogP contribution >= 0.6 is 0 Å². The van der Waals surface area contributed by atoms with Crippen LogP contribution in [0.15, 0.2) is 24.3 Å². The lowest BCUT2D eigenvalue weighted by atomic mass is 9.84. The molecule has 2 rings (SSSR count). The molecule has 1 heterocycles. The molecule has 0 saturated carbocycles. The Morgan fingerprint density at radius 1 is 1.24 bits per heavy atom. The van der Waals surface area contributed by atoms with Gasteiger partial charge in [0, 0.05) is 24.2 Å². The smallest absolute Gasteiger partial charge is 0.0771 e. The largest absolute Gasteiger partial charge is 0.371 e. The monoisotopic (exact) mass is 234 g/mol. The third kappa shape index (κ3) is 2.61. The van der Waals surface area contributed by atoms with Gasteiger partial charge in [-0.3, -0.25) is 0 Å². The molecule has 0 spiro atoms. The minimum atomic E-state index is -0.0477. The maximum atomic E-state index is 5.24. The third-order valence-corrected chi connectivity index (χ3v) is 3.52. The summed E-state index contributed by atoms with van der Waals surface area (Å²) in [4.78, 5) is 7.33. The minimum absolute atomic E-state index is 0.0477. The first-order chi connectivity index (χ1) is 8.15. The average molecular weight is 234 g/mol. The molecular formula is C14H22N2O. The van der Waals surface area contributed by atoms with Crippen LogP contribution in [0.4, 0.5) is 5.69 Å². The first-order valence-corrected chi connectivity index (χ1v) is 6.31. The molecule has 0 aromatic heterocycles. The summed E-state index contributed by atoms with van der Waals surface area (Å²) in [6, 6.07) is 8.59. The second kappa shape index (κ2) is 5.07. The molecule has 1 saturated heterocycles. The number of nitrogens with zero attached hydrogens (tertiary/aromatic N) is 1. The fourth-order valence-electron chi connectivity index (χ4n) is 2.57. The molecular weight excluding hydrogens is 212 g/mol. The molecule has 0 amide bonds. The van der Waals surface area contributed by atoms with E-state index in [-0.39, 0.29) is 5.41 Å². The molecule has 1 aromatic carbocycles. The van der Waals surface area contributed by atoms with E-state index in [1.165, 1.54) is 24.1 Å². The fraction of sp³-hybridized carbons (Fsp3) is 0.571. The lowest BCUT2D eigenvalue weighted by molar-refractivity contribution is 0.0965. The molecule has 1 aliphatic heterocycles. The minimum Gasteiger partial charge on any atom is -0.371 e. The Morgan fingerprint density at radius 3 is 2.53 bits per heavy atom. The molecule has 17 heavy (non-hydrogen) atoms. The third-order valence-electron chi connectivity index (χ3n) is 3.52. The van der Waals surface area contributed by atoms with E-state index in [1.54, 1.807) is 0 Å². The van der Waals surface area contributed by atoms with Crippen molar-refractivity contribution in [2.24, 2.45) is 5.90 Å². The highest BCUT2D eigenvalue weighted by molar-refractivity contribution is 5.57. The van der Waals surface area contributed by atoms with E-state index >= 15 is 0 Å². The summed E-state index contributed by atoms with van der Waals surface area (Å²) >= 11 is 0. The number of anilines is 1. The van der Waals surface area contributed by atoms with E-state index in [2.05, 4.69) is 43.0 Å². The van der Waals surface area contributed by atoms with Gasteiger partial charge in [0.05, 0.1) is 6.61 Å². The van der Waals surface area contributed by atoms with E-state index < -0.39 is 0 Å². The predicted molar refractivity (Wildman–Crippen MR) is 71.1 cm³/mol. The Hall–Kier alpha value is -1.06. The average Bonchev–Trinajstić information content (AvgIpc) is 2.82. The molecule has 2 N–H and O–H groups in total. The molecule has 3 nitrogen and oxygen atoms in total. The van der Waals surface area contributed by atoms with E-state index in [0.29, 0.717) is 6.61 Å². The summed E-state index contributed by atoms with van der Waals surface area (Å²) in [7, 11) is 0. The summed E-state index contributed by atoms with van der Waals surface area (Å²) in [6.45, 7) is 7.22. The van der Waals surface area contributed by atoms with Gasteiger partial charge in [0.2, 0.25) is 0 Å². The quantitative estimate of drug-likeness (QED) is 0.813. The molecule has 0 atom stereocenters. The lowest BCUT2D eigenvalue weighted by Crippen LogP contribution is -2.30. The number of hydrogen-bond acceptors (Lipinski definition) is 3. The van der Waals surface area contributed by atoms with Crippen LogP contribution in [0.3, 0.4) is 0 Å². The van der Waals surface area contributed by atoms with Gasteiger partial charge in [-0.05, 0) is 24.5 Å². The van der Waals surface area contributed by atoms with Gasteiger partial charge in [-0.2, -0.15) is 0 Å². The first kappa shape index (κ1) is 12.4. The first-order valence-electron chi connectivity index (χ1n) is 6.31. The van der Waals surface area contributed by atoms with Gasteiger partial charge < -0.3 is 9.74 Å². The summed E-state index contributed by atoms with van der Waals surface area (Å²) in [5, 5.41) is 0. The SMILES string of the molecule is CC(C)(CON)c1ccccc1N1CCCC1. The maximum Gasteiger partial charge on any atom is 0.0771 e. The normalized spacial score (nSPS) is 16.5. The Morgan fingerprint density at radius 2 is 1.88 bits per heavy atom. The van der Waals surface area contributed by atoms with Crippen LogP contribution in [-0.2, 0) is 10.3 Å². The highest BCUT2D eigenvalue weighted by atomic mass is 16.6. The van der Waals surface area contributed by atoms with Crippen LogP contribution in [0.2, 0.25) is 0 Å². The van der Waals surface area contributed by atoms with Gasteiger partial charge in [-0.15, -0.1) is 0 Å². The van der Waals surface area contributed by atoms with Gasteiger partial charge in [0.15, 0.2) is 0 Å². The van der Waals surface area contributed by atoms with Crippen molar-refractivity contribution in [3.05, 3.63) is 29.8 Å². The topological polar surface area (TPSA) is 38.5 Å². The second-order valence-corrected chi connectivity index (χ2v) is 5.41. The van der Waals surface area contributed by atoms with Crippen molar-refractivity contribution >= 4 is 5.69 Å². The fourth-order valence-corrected chi connectivity index (χ4v) is 2.57. The molecule has 1 aromatic rings. The van der Waals surface area contributed by atoms with Crippen molar-refractivity contribution in [2.45, 2.75) is 32.1 Å².